The summed E-state index contributed by atoms with van der Waals surface area (Å²) in [5.41, 5.74) is 1.94. The maximum Gasteiger partial charge on any atom is 0.204 e. The van der Waals surface area contributed by atoms with E-state index in [1.165, 1.54) is 0 Å². The molecule has 0 N–H and O–H groups in total. The molecule has 1 aliphatic rings. The summed E-state index contributed by atoms with van der Waals surface area (Å²) in [5.74, 6) is 2.03. The van der Waals surface area contributed by atoms with Gasteiger partial charge in [0, 0.05) is 19.7 Å². The fourth-order valence-electron chi connectivity index (χ4n) is 2.91. The van der Waals surface area contributed by atoms with Gasteiger partial charge in [0.25, 0.3) is 0 Å². The number of halogens is 1. The van der Waals surface area contributed by atoms with Gasteiger partial charge in [0.05, 0.1) is 24.9 Å². The second-order valence-corrected chi connectivity index (χ2v) is 6.76. The van der Waals surface area contributed by atoms with Crippen LogP contribution in [0.2, 0.25) is 0 Å². The van der Waals surface area contributed by atoms with Crippen molar-refractivity contribution in [2.45, 2.75) is 0 Å². The van der Waals surface area contributed by atoms with Crippen molar-refractivity contribution in [2.24, 2.45) is 0 Å². The summed E-state index contributed by atoms with van der Waals surface area (Å²) in [6.07, 6.45) is 1.59. The number of fused-ring (bicyclic) bond motifs is 1. The number of anilines is 1. The van der Waals surface area contributed by atoms with E-state index in [2.05, 4.69) is 0 Å². The highest BCUT2D eigenvalue weighted by molar-refractivity contribution is 6.47. The minimum Gasteiger partial charge on any atom is -0.495 e. The van der Waals surface area contributed by atoms with Crippen molar-refractivity contribution in [3.05, 3.63) is 46.5 Å². The van der Waals surface area contributed by atoms with E-state index in [4.69, 9.17) is 30.5 Å². The minimum absolute atomic E-state index is 0.0774. The number of nitrogens with zero attached hydrogens (tertiary/aromatic N) is 1. The van der Waals surface area contributed by atoms with E-state index in [1.807, 2.05) is 19.0 Å². The number of rotatable bonds is 6. The lowest BCUT2D eigenvalue weighted by Gasteiger charge is -2.21. The molecule has 1 aliphatic heterocycles. The molecule has 1 heterocycles. The third-order valence-electron chi connectivity index (χ3n) is 4.28. The third kappa shape index (κ3) is 4.02. The molecule has 0 saturated heterocycles. The Balaban J connectivity index is 1.93. The lowest BCUT2D eigenvalue weighted by molar-refractivity contribution is 0.104. The topological polar surface area (TPSA) is 57.2 Å². The van der Waals surface area contributed by atoms with Crippen LogP contribution in [0.4, 0.5) is 5.69 Å². The molecule has 0 unspecified atom stereocenters. The molecule has 0 aromatic heterocycles. The first kappa shape index (κ1) is 19.9. The van der Waals surface area contributed by atoms with Gasteiger partial charge in [-0.05, 0) is 42.0 Å². The summed E-state index contributed by atoms with van der Waals surface area (Å²) in [4.78, 5) is 14.7. The van der Waals surface area contributed by atoms with Crippen LogP contribution in [-0.4, -0.2) is 47.3 Å². The Labute approximate surface area is 169 Å². The predicted octanol–water partition coefficient (Wildman–Crippen LogP) is 4.00. The zero-order chi connectivity index (χ0) is 20.3. The van der Waals surface area contributed by atoms with Gasteiger partial charge in [-0.1, -0.05) is 11.6 Å². The second kappa shape index (κ2) is 8.44. The molecule has 7 heteroatoms. The molecule has 3 rings (SSSR count). The maximum atomic E-state index is 12.8. The van der Waals surface area contributed by atoms with Gasteiger partial charge in [-0.3, -0.25) is 4.79 Å². The first-order valence-corrected chi connectivity index (χ1v) is 9.07. The monoisotopic (exact) mass is 403 g/mol. The zero-order valence-corrected chi connectivity index (χ0v) is 17.0. The van der Waals surface area contributed by atoms with Crippen LogP contribution in [0.3, 0.4) is 0 Å². The highest BCUT2D eigenvalue weighted by Gasteiger charge is 2.19. The van der Waals surface area contributed by atoms with Crippen molar-refractivity contribution in [1.29, 1.82) is 0 Å². The largest absolute Gasteiger partial charge is 0.495 e. The Morgan fingerprint density at radius 3 is 2.46 bits per heavy atom. The number of carbonyl (C=O) groups excluding carboxylic acids is 1. The fourth-order valence-corrected chi connectivity index (χ4v) is 3.14. The van der Waals surface area contributed by atoms with Crippen LogP contribution in [0.1, 0.15) is 15.9 Å². The normalized spacial score (nSPS) is 13.1. The molecular formula is C21H22ClNO5. The van der Waals surface area contributed by atoms with Crippen LogP contribution in [0, 0.1) is 0 Å². The molecule has 2 aromatic rings. The quantitative estimate of drug-likeness (QED) is 0.536. The number of methoxy groups -OCH3 is 2. The Morgan fingerprint density at radius 2 is 1.79 bits per heavy atom. The van der Waals surface area contributed by atoms with Gasteiger partial charge in [0.2, 0.25) is 11.5 Å². The number of Topliss-reactive ketones (excluding diaryl/α,β-unsaturated/α-hetero) is 1. The molecule has 28 heavy (non-hydrogen) atoms. The lowest BCUT2D eigenvalue weighted by Crippen LogP contribution is -2.16. The van der Waals surface area contributed by atoms with Gasteiger partial charge >= 0.3 is 0 Å². The average Bonchev–Trinajstić information content (AvgIpc) is 2.71. The summed E-state index contributed by atoms with van der Waals surface area (Å²) in [6, 6.07) is 8.71. The van der Waals surface area contributed by atoms with Crippen molar-refractivity contribution in [1.82, 2.24) is 0 Å². The number of hydrogen-bond acceptors (Lipinski definition) is 6. The summed E-state index contributed by atoms with van der Waals surface area (Å²) >= 11 is 6.34. The van der Waals surface area contributed by atoms with E-state index in [0.29, 0.717) is 47.3 Å². The first-order chi connectivity index (χ1) is 13.4. The minimum atomic E-state index is -0.290. The second-order valence-electron chi connectivity index (χ2n) is 6.35. The predicted molar refractivity (Wildman–Crippen MR) is 109 cm³/mol. The van der Waals surface area contributed by atoms with Gasteiger partial charge in [-0.15, -0.1) is 0 Å². The molecule has 0 aliphatic carbocycles. The van der Waals surface area contributed by atoms with Crippen LogP contribution >= 0.6 is 11.6 Å². The zero-order valence-electron chi connectivity index (χ0n) is 16.2. The molecule has 0 atom stereocenters. The summed E-state index contributed by atoms with van der Waals surface area (Å²) in [5, 5.41) is 0.0774. The van der Waals surface area contributed by atoms with E-state index < -0.39 is 0 Å². The van der Waals surface area contributed by atoms with E-state index in [9.17, 15) is 4.79 Å². The molecule has 0 amide bonds. The Bertz CT molecular complexity index is 906. The molecule has 0 radical (unpaired) electrons. The molecule has 0 fully saturated rings. The van der Waals surface area contributed by atoms with Gasteiger partial charge < -0.3 is 23.8 Å². The summed E-state index contributed by atoms with van der Waals surface area (Å²) < 4.78 is 21.9. The number of ketones is 1. The van der Waals surface area contributed by atoms with E-state index >= 15 is 0 Å². The summed E-state index contributed by atoms with van der Waals surface area (Å²) in [7, 11) is 6.90. The fraction of sp³-hybridized carbons (Fsp3) is 0.286. The molecule has 0 bridgehead atoms. The Hall–Kier alpha value is -2.86. The van der Waals surface area contributed by atoms with E-state index in [1.54, 1.807) is 50.6 Å². The number of carbonyl (C=O) groups is 1. The van der Waals surface area contributed by atoms with Gasteiger partial charge in [-0.25, -0.2) is 0 Å². The first-order valence-electron chi connectivity index (χ1n) is 8.69. The molecular weight excluding hydrogens is 382 g/mol. The van der Waals surface area contributed by atoms with Gasteiger partial charge in [-0.2, -0.15) is 0 Å². The van der Waals surface area contributed by atoms with Crippen molar-refractivity contribution in [3.63, 3.8) is 0 Å². The molecule has 6 nitrogen and oxygen atoms in total. The lowest BCUT2D eigenvalue weighted by atomic mass is 10.1. The van der Waals surface area contributed by atoms with Crippen LogP contribution in [0.15, 0.2) is 35.4 Å². The number of ether oxygens (including phenoxy) is 4. The highest BCUT2D eigenvalue weighted by Crippen LogP contribution is 2.41. The highest BCUT2D eigenvalue weighted by atomic mass is 35.5. The Morgan fingerprint density at radius 1 is 1.07 bits per heavy atom. The van der Waals surface area contributed by atoms with Crippen molar-refractivity contribution >= 4 is 29.1 Å². The maximum absolute atomic E-state index is 12.8. The number of allylic oxidation sites excluding steroid dienone is 1. The van der Waals surface area contributed by atoms with Crippen molar-refractivity contribution in [3.8, 4) is 23.0 Å². The Kier molecular flexibility index (Phi) is 5.99. The van der Waals surface area contributed by atoms with Gasteiger partial charge in [0.1, 0.15) is 19.0 Å². The van der Waals surface area contributed by atoms with Crippen molar-refractivity contribution in [2.75, 3.05) is 46.4 Å². The third-order valence-corrected chi connectivity index (χ3v) is 4.56. The molecule has 2 aromatic carbocycles. The average molecular weight is 404 g/mol. The van der Waals surface area contributed by atoms with Gasteiger partial charge in [0.15, 0.2) is 11.5 Å². The van der Waals surface area contributed by atoms with Crippen LogP contribution in [0.5, 0.6) is 23.0 Å². The van der Waals surface area contributed by atoms with Crippen LogP contribution in [0.25, 0.3) is 6.08 Å². The number of hydrogen-bond donors (Lipinski definition) is 0. The summed E-state index contributed by atoms with van der Waals surface area (Å²) in [6.45, 7) is 0.915. The molecule has 0 spiro atoms. The van der Waals surface area contributed by atoms with E-state index in [-0.39, 0.29) is 10.8 Å². The molecule has 0 saturated carbocycles. The molecule has 148 valence electrons. The SMILES string of the molecule is COc1ccc(C(=O)/C(Cl)=C\c2cc(OC)c3c(c2)OCCO3)cc1N(C)C. The standard InChI is InChI=1S/C21H22ClNO5/c1-23(2)16-12-14(5-6-17(16)25-3)20(24)15(22)9-13-10-18(26-4)21-19(11-13)27-7-8-28-21/h5-6,9-12H,7-8H2,1-4H3/b15-9+. The van der Waals surface area contributed by atoms with Crippen LogP contribution < -0.4 is 23.8 Å². The smallest absolute Gasteiger partial charge is 0.204 e. The number of benzene rings is 2. The van der Waals surface area contributed by atoms with Crippen LogP contribution in [-0.2, 0) is 0 Å². The van der Waals surface area contributed by atoms with Crippen molar-refractivity contribution < 1.29 is 23.7 Å². The van der Waals surface area contributed by atoms with E-state index in [0.717, 1.165) is 5.69 Å².